The van der Waals surface area contributed by atoms with Gasteiger partial charge in [0.2, 0.25) is 5.91 Å². The van der Waals surface area contributed by atoms with Crippen LogP contribution in [-0.2, 0) is 4.79 Å². The van der Waals surface area contributed by atoms with Gasteiger partial charge in [0.1, 0.15) is 0 Å². The van der Waals surface area contributed by atoms with E-state index in [1.807, 2.05) is 0 Å². The molecule has 20 heavy (non-hydrogen) atoms. The van der Waals surface area contributed by atoms with Crippen molar-refractivity contribution in [1.29, 1.82) is 0 Å². The lowest BCUT2D eigenvalue weighted by molar-refractivity contribution is -0.131. The fraction of sp³-hybridized carbons (Fsp3) is 0.941. The highest BCUT2D eigenvalue weighted by Gasteiger charge is 2.40. The summed E-state index contributed by atoms with van der Waals surface area (Å²) < 4.78 is 0. The number of hydrogen-bond acceptors (Lipinski definition) is 2. The van der Waals surface area contributed by atoms with Crippen LogP contribution in [0.15, 0.2) is 0 Å². The zero-order valence-corrected chi connectivity index (χ0v) is 13.0. The second-order valence-electron chi connectivity index (χ2n) is 7.70. The predicted molar refractivity (Wildman–Crippen MR) is 81.6 cm³/mol. The molecule has 1 heterocycles. The van der Waals surface area contributed by atoms with E-state index in [1.165, 1.54) is 44.9 Å². The van der Waals surface area contributed by atoms with Gasteiger partial charge in [0.15, 0.2) is 0 Å². The van der Waals surface area contributed by atoms with Gasteiger partial charge in [-0.15, -0.1) is 0 Å². The summed E-state index contributed by atoms with van der Waals surface area (Å²) >= 11 is 0. The summed E-state index contributed by atoms with van der Waals surface area (Å²) in [6, 6.07) is 0.402. The zero-order chi connectivity index (χ0) is 14.1. The Hall–Kier alpha value is -0.570. The number of amides is 1. The second-order valence-corrected chi connectivity index (χ2v) is 7.70. The molecule has 1 unspecified atom stereocenters. The summed E-state index contributed by atoms with van der Waals surface area (Å²) in [6.45, 7) is 3.23. The van der Waals surface area contributed by atoms with E-state index in [-0.39, 0.29) is 5.41 Å². The van der Waals surface area contributed by atoms with Gasteiger partial charge in [0, 0.05) is 17.0 Å². The Kier molecular flexibility index (Phi) is 4.07. The smallest absolute Gasteiger partial charge is 0.226 e. The number of nitrogens with one attached hydrogen (secondary N) is 2. The minimum Gasteiger partial charge on any atom is -0.353 e. The second kappa shape index (κ2) is 5.67. The highest BCUT2D eigenvalue weighted by Crippen LogP contribution is 2.39. The van der Waals surface area contributed by atoms with Crippen molar-refractivity contribution in [3.63, 3.8) is 0 Å². The lowest BCUT2D eigenvalue weighted by atomic mass is 9.74. The summed E-state index contributed by atoms with van der Waals surface area (Å²) in [5, 5.41) is 7.16. The fourth-order valence-electron chi connectivity index (χ4n) is 4.63. The van der Waals surface area contributed by atoms with Crippen LogP contribution in [0.25, 0.3) is 0 Å². The first-order valence-electron chi connectivity index (χ1n) is 8.68. The maximum absolute atomic E-state index is 12.6. The molecule has 3 nitrogen and oxygen atoms in total. The Labute approximate surface area is 123 Å². The molecule has 3 aliphatic rings. The third kappa shape index (κ3) is 2.88. The molecule has 1 saturated heterocycles. The predicted octanol–water partition coefficient (Wildman–Crippen LogP) is 3.14. The summed E-state index contributed by atoms with van der Waals surface area (Å²) in [4.78, 5) is 12.6. The Morgan fingerprint density at radius 3 is 2.40 bits per heavy atom. The number of hydrogen-bond donors (Lipinski definition) is 2. The summed E-state index contributed by atoms with van der Waals surface area (Å²) in [5.41, 5.74) is 0.260. The molecule has 114 valence electrons. The molecule has 3 rings (SSSR count). The van der Waals surface area contributed by atoms with Gasteiger partial charge in [-0.05, 0) is 45.1 Å². The van der Waals surface area contributed by atoms with Crippen molar-refractivity contribution in [2.75, 3.05) is 6.54 Å². The minimum absolute atomic E-state index is 0.0788. The fourth-order valence-corrected chi connectivity index (χ4v) is 4.63. The average molecular weight is 278 g/mol. The SMILES string of the molecule is CC1(C(=O)NC2CCNC3(CCCCC3)C2)CCCC1. The topological polar surface area (TPSA) is 41.1 Å². The molecule has 0 bridgehead atoms. The van der Waals surface area contributed by atoms with Crippen LogP contribution < -0.4 is 10.6 Å². The summed E-state index contributed by atoms with van der Waals surface area (Å²) in [5.74, 6) is 0.327. The number of rotatable bonds is 2. The molecule has 1 atom stereocenters. The molecule has 3 heteroatoms. The first kappa shape index (κ1) is 14.4. The molecule has 1 amide bonds. The van der Waals surface area contributed by atoms with Gasteiger partial charge in [-0.3, -0.25) is 4.79 Å². The first-order valence-corrected chi connectivity index (χ1v) is 8.68. The van der Waals surface area contributed by atoms with Gasteiger partial charge in [-0.2, -0.15) is 0 Å². The molecule has 3 fully saturated rings. The molecular formula is C17H30N2O. The monoisotopic (exact) mass is 278 g/mol. The van der Waals surface area contributed by atoms with E-state index in [1.54, 1.807) is 0 Å². The molecule has 1 spiro atoms. The normalized spacial score (nSPS) is 32.1. The van der Waals surface area contributed by atoms with E-state index < -0.39 is 0 Å². The first-order chi connectivity index (χ1) is 9.62. The summed E-state index contributed by atoms with van der Waals surface area (Å²) in [6.07, 6.45) is 13.5. The van der Waals surface area contributed by atoms with Crippen LogP contribution in [0, 0.1) is 5.41 Å². The van der Waals surface area contributed by atoms with Crippen LogP contribution in [0.4, 0.5) is 0 Å². The average Bonchev–Trinajstić information content (AvgIpc) is 2.88. The van der Waals surface area contributed by atoms with Crippen LogP contribution >= 0.6 is 0 Å². The van der Waals surface area contributed by atoms with E-state index in [4.69, 9.17) is 0 Å². The maximum Gasteiger partial charge on any atom is 0.226 e. The third-order valence-corrected chi connectivity index (χ3v) is 6.03. The lowest BCUT2D eigenvalue weighted by Gasteiger charge is -2.45. The van der Waals surface area contributed by atoms with Gasteiger partial charge in [-0.25, -0.2) is 0 Å². The van der Waals surface area contributed by atoms with Crippen LogP contribution in [0.5, 0.6) is 0 Å². The third-order valence-electron chi connectivity index (χ3n) is 6.03. The number of carbonyl (C=O) groups is 1. The van der Waals surface area contributed by atoms with Crippen LogP contribution in [-0.4, -0.2) is 24.0 Å². The van der Waals surface area contributed by atoms with Gasteiger partial charge < -0.3 is 10.6 Å². The van der Waals surface area contributed by atoms with Crippen LogP contribution in [0.2, 0.25) is 0 Å². The molecule has 2 saturated carbocycles. The van der Waals surface area contributed by atoms with Crippen molar-refractivity contribution >= 4 is 5.91 Å². The van der Waals surface area contributed by atoms with E-state index in [0.717, 1.165) is 32.2 Å². The molecule has 0 aromatic rings. The zero-order valence-electron chi connectivity index (χ0n) is 13.0. The molecule has 2 aliphatic carbocycles. The quantitative estimate of drug-likeness (QED) is 0.815. The molecule has 2 N–H and O–H groups in total. The van der Waals surface area contributed by atoms with Crippen LogP contribution in [0.3, 0.4) is 0 Å². The standard InChI is InChI=1S/C17H30N2O/c1-16(8-5-6-9-16)15(20)19-14-7-12-18-17(13-14)10-3-2-4-11-17/h14,18H,2-13H2,1H3,(H,19,20). The molecule has 0 aromatic carbocycles. The molecule has 1 aliphatic heterocycles. The highest BCUT2D eigenvalue weighted by molar-refractivity contribution is 5.82. The van der Waals surface area contributed by atoms with Crippen molar-refractivity contribution in [3.8, 4) is 0 Å². The molecule has 0 aromatic heterocycles. The Balaban J connectivity index is 1.58. The Bertz CT molecular complexity index is 348. The minimum atomic E-state index is -0.0788. The van der Waals surface area contributed by atoms with Crippen molar-refractivity contribution in [2.24, 2.45) is 5.41 Å². The molecule has 0 radical (unpaired) electrons. The summed E-state index contributed by atoms with van der Waals surface area (Å²) in [7, 11) is 0. The molecular weight excluding hydrogens is 248 g/mol. The van der Waals surface area contributed by atoms with E-state index >= 15 is 0 Å². The highest BCUT2D eigenvalue weighted by atomic mass is 16.2. The van der Waals surface area contributed by atoms with Crippen molar-refractivity contribution in [1.82, 2.24) is 10.6 Å². The van der Waals surface area contributed by atoms with Crippen molar-refractivity contribution in [2.45, 2.75) is 89.1 Å². The van der Waals surface area contributed by atoms with E-state index in [2.05, 4.69) is 17.6 Å². The van der Waals surface area contributed by atoms with Gasteiger partial charge in [0.05, 0.1) is 0 Å². The largest absolute Gasteiger partial charge is 0.353 e. The number of piperidine rings is 1. The van der Waals surface area contributed by atoms with Gasteiger partial charge >= 0.3 is 0 Å². The maximum atomic E-state index is 12.6. The van der Waals surface area contributed by atoms with Gasteiger partial charge in [-0.1, -0.05) is 39.0 Å². The van der Waals surface area contributed by atoms with Crippen molar-refractivity contribution in [3.05, 3.63) is 0 Å². The Morgan fingerprint density at radius 1 is 1.05 bits per heavy atom. The van der Waals surface area contributed by atoms with Gasteiger partial charge in [0.25, 0.3) is 0 Å². The van der Waals surface area contributed by atoms with Crippen molar-refractivity contribution < 1.29 is 4.79 Å². The van der Waals surface area contributed by atoms with Crippen LogP contribution in [0.1, 0.15) is 77.6 Å². The van der Waals surface area contributed by atoms with E-state index in [0.29, 0.717) is 17.5 Å². The lowest BCUT2D eigenvalue weighted by Crippen LogP contribution is -2.58. The number of carbonyl (C=O) groups excluding carboxylic acids is 1. The van der Waals surface area contributed by atoms with E-state index in [9.17, 15) is 4.79 Å². The Morgan fingerprint density at radius 2 is 1.70 bits per heavy atom.